The molecule has 0 unspecified atom stereocenters. The molecule has 3 rings (SSSR count). The normalized spacial score (nSPS) is 10.8. The van der Waals surface area contributed by atoms with E-state index in [0.29, 0.717) is 11.6 Å². The van der Waals surface area contributed by atoms with Gasteiger partial charge in [0, 0.05) is 29.0 Å². The highest BCUT2D eigenvalue weighted by Crippen LogP contribution is 2.34. The Morgan fingerprint density at radius 1 is 1.00 bits per heavy atom. The zero-order valence-corrected chi connectivity index (χ0v) is 17.3. The van der Waals surface area contributed by atoms with Gasteiger partial charge >= 0.3 is 0 Å². The van der Waals surface area contributed by atoms with E-state index in [0.717, 1.165) is 53.0 Å². The highest BCUT2D eigenvalue weighted by Gasteiger charge is 2.12. The van der Waals surface area contributed by atoms with Crippen molar-refractivity contribution in [3.8, 4) is 22.4 Å². The minimum Gasteiger partial charge on any atom is -0.381 e. The lowest BCUT2D eigenvalue weighted by Gasteiger charge is -2.13. The number of rotatable bonds is 8. The summed E-state index contributed by atoms with van der Waals surface area (Å²) in [6.07, 6.45) is 5.58. The molecular weight excluding hydrogens is 366 g/mol. The van der Waals surface area contributed by atoms with Crippen LogP contribution in [0, 0.1) is 0 Å². The van der Waals surface area contributed by atoms with Crippen molar-refractivity contribution in [1.82, 2.24) is 4.98 Å². The SMILES string of the molecule is C=Cc1ccc(-c2cc(CCOCC)cnc2-c2ccc(CC)cc2)cc1Cl. The first-order valence-electron chi connectivity index (χ1n) is 9.74. The molecule has 2 nitrogen and oxygen atoms in total. The van der Waals surface area contributed by atoms with Crippen LogP contribution in [0.3, 0.4) is 0 Å². The van der Waals surface area contributed by atoms with E-state index in [1.54, 1.807) is 6.08 Å². The van der Waals surface area contributed by atoms with Crippen LogP contribution < -0.4 is 0 Å². The molecule has 2 aromatic carbocycles. The summed E-state index contributed by atoms with van der Waals surface area (Å²) in [6.45, 7) is 9.41. The average Bonchev–Trinajstić information content (AvgIpc) is 2.74. The molecule has 144 valence electrons. The molecule has 0 bridgehead atoms. The smallest absolute Gasteiger partial charge is 0.0780 e. The first-order valence-corrected chi connectivity index (χ1v) is 10.1. The number of hydrogen-bond donors (Lipinski definition) is 0. The molecule has 1 aromatic heterocycles. The van der Waals surface area contributed by atoms with Crippen molar-refractivity contribution >= 4 is 17.7 Å². The fourth-order valence-corrected chi connectivity index (χ4v) is 3.45. The maximum absolute atomic E-state index is 6.45. The second-order valence-electron chi connectivity index (χ2n) is 6.68. The summed E-state index contributed by atoms with van der Waals surface area (Å²) in [5.41, 5.74) is 7.60. The number of ether oxygens (including phenoxy) is 1. The third-order valence-corrected chi connectivity index (χ3v) is 5.18. The Morgan fingerprint density at radius 2 is 1.75 bits per heavy atom. The lowest BCUT2D eigenvalue weighted by molar-refractivity contribution is 0.151. The van der Waals surface area contributed by atoms with Crippen molar-refractivity contribution in [2.24, 2.45) is 0 Å². The molecule has 0 amide bonds. The summed E-state index contributed by atoms with van der Waals surface area (Å²) < 4.78 is 5.51. The van der Waals surface area contributed by atoms with E-state index in [9.17, 15) is 0 Å². The molecule has 0 aliphatic heterocycles. The van der Waals surface area contributed by atoms with Crippen LogP contribution in [0.15, 0.2) is 61.3 Å². The second-order valence-corrected chi connectivity index (χ2v) is 7.08. The van der Waals surface area contributed by atoms with Crippen LogP contribution in [0.25, 0.3) is 28.5 Å². The molecule has 0 N–H and O–H groups in total. The maximum Gasteiger partial charge on any atom is 0.0780 e. The van der Waals surface area contributed by atoms with Gasteiger partial charge in [-0.2, -0.15) is 0 Å². The lowest BCUT2D eigenvalue weighted by atomic mass is 9.96. The van der Waals surface area contributed by atoms with Gasteiger partial charge in [0.05, 0.1) is 12.3 Å². The lowest BCUT2D eigenvalue weighted by Crippen LogP contribution is -2.00. The van der Waals surface area contributed by atoms with Crippen molar-refractivity contribution in [3.63, 3.8) is 0 Å². The quantitative estimate of drug-likeness (QED) is 0.391. The fourth-order valence-electron chi connectivity index (χ4n) is 3.19. The molecule has 1 heterocycles. The molecule has 0 saturated heterocycles. The zero-order valence-electron chi connectivity index (χ0n) is 16.5. The highest BCUT2D eigenvalue weighted by atomic mass is 35.5. The minimum absolute atomic E-state index is 0.693. The van der Waals surface area contributed by atoms with Crippen LogP contribution in [-0.2, 0) is 17.6 Å². The van der Waals surface area contributed by atoms with Crippen LogP contribution in [0.2, 0.25) is 5.02 Å². The predicted molar refractivity (Wildman–Crippen MR) is 120 cm³/mol. The molecule has 3 aromatic rings. The largest absolute Gasteiger partial charge is 0.381 e. The summed E-state index contributed by atoms with van der Waals surface area (Å²) in [5, 5.41) is 0.694. The Bertz CT molecular complexity index is 947. The van der Waals surface area contributed by atoms with Crippen LogP contribution >= 0.6 is 11.6 Å². The van der Waals surface area contributed by atoms with E-state index in [-0.39, 0.29) is 0 Å². The predicted octanol–water partition coefficient (Wildman–Crippen LogP) is 6.85. The van der Waals surface area contributed by atoms with Crippen LogP contribution in [-0.4, -0.2) is 18.2 Å². The Morgan fingerprint density at radius 3 is 2.39 bits per heavy atom. The van der Waals surface area contributed by atoms with Crippen LogP contribution in [0.4, 0.5) is 0 Å². The Labute approximate surface area is 172 Å². The molecule has 0 atom stereocenters. The van der Waals surface area contributed by atoms with E-state index < -0.39 is 0 Å². The zero-order chi connectivity index (χ0) is 19.9. The summed E-state index contributed by atoms with van der Waals surface area (Å²) in [6, 6.07) is 16.9. The Kier molecular flexibility index (Phi) is 7.02. The van der Waals surface area contributed by atoms with Gasteiger partial charge < -0.3 is 4.74 Å². The van der Waals surface area contributed by atoms with Gasteiger partial charge in [-0.1, -0.05) is 67.6 Å². The number of hydrogen-bond acceptors (Lipinski definition) is 2. The number of aryl methyl sites for hydroxylation is 1. The summed E-state index contributed by atoms with van der Waals surface area (Å²) in [7, 11) is 0. The first kappa shape index (κ1) is 20.3. The summed E-state index contributed by atoms with van der Waals surface area (Å²) in [4.78, 5) is 4.81. The molecule has 0 aliphatic carbocycles. The van der Waals surface area contributed by atoms with Gasteiger partial charge in [0.15, 0.2) is 0 Å². The van der Waals surface area contributed by atoms with Crippen molar-refractivity contribution in [1.29, 1.82) is 0 Å². The Balaban J connectivity index is 2.07. The van der Waals surface area contributed by atoms with E-state index in [1.807, 2.05) is 25.3 Å². The molecular formula is C25H26ClNO. The minimum atomic E-state index is 0.693. The maximum atomic E-state index is 6.45. The average molecular weight is 392 g/mol. The van der Waals surface area contributed by atoms with Crippen molar-refractivity contribution in [3.05, 3.63) is 83.0 Å². The first-order chi connectivity index (χ1) is 13.7. The number of pyridine rings is 1. The van der Waals surface area contributed by atoms with E-state index >= 15 is 0 Å². The standard InChI is InChI=1S/C25H26ClNO/c1-4-18-7-9-21(10-8-18)25-23(15-19(17-27-25)13-14-28-6-3)22-12-11-20(5-2)24(26)16-22/h5,7-12,15-17H,2,4,6,13-14H2,1,3H3. The van der Waals surface area contributed by atoms with Crippen LogP contribution in [0.5, 0.6) is 0 Å². The molecule has 28 heavy (non-hydrogen) atoms. The van der Waals surface area contributed by atoms with E-state index in [4.69, 9.17) is 21.3 Å². The molecule has 0 fully saturated rings. The number of benzene rings is 2. The van der Waals surface area contributed by atoms with Gasteiger partial charge in [-0.25, -0.2) is 0 Å². The second kappa shape index (κ2) is 9.68. The van der Waals surface area contributed by atoms with Gasteiger partial charge in [0.25, 0.3) is 0 Å². The summed E-state index contributed by atoms with van der Waals surface area (Å²) in [5.74, 6) is 0. The Hall–Kier alpha value is -2.42. The fraction of sp³-hybridized carbons (Fsp3) is 0.240. The molecule has 0 saturated carbocycles. The molecule has 3 heteroatoms. The van der Waals surface area contributed by atoms with Crippen molar-refractivity contribution < 1.29 is 4.74 Å². The number of nitrogens with zero attached hydrogens (tertiary/aromatic N) is 1. The van der Waals surface area contributed by atoms with E-state index in [2.05, 4.69) is 49.9 Å². The monoisotopic (exact) mass is 391 g/mol. The molecule has 0 radical (unpaired) electrons. The van der Waals surface area contributed by atoms with Crippen molar-refractivity contribution in [2.45, 2.75) is 26.7 Å². The molecule has 0 spiro atoms. The van der Waals surface area contributed by atoms with Gasteiger partial charge in [-0.3, -0.25) is 4.98 Å². The molecule has 0 aliphatic rings. The topological polar surface area (TPSA) is 22.1 Å². The third kappa shape index (κ3) is 4.70. The highest BCUT2D eigenvalue weighted by molar-refractivity contribution is 6.32. The van der Waals surface area contributed by atoms with Gasteiger partial charge in [0.2, 0.25) is 0 Å². The summed E-state index contributed by atoms with van der Waals surface area (Å²) >= 11 is 6.45. The van der Waals surface area contributed by atoms with Gasteiger partial charge in [-0.15, -0.1) is 0 Å². The van der Waals surface area contributed by atoms with Crippen LogP contribution in [0.1, 0.15) is 30.5 Å². The third-order valence-electron chi connectivity index (χ3n) is 4.85. The van der Waals surface area contributed by atoms with Crippen molar-refractivity contribution in [2.75, 3.05) is 13.2 Å². The van der Waals surface area contributed by atoms with Gasteiger partial charge in [0.1, 0.15) is 0 Å². The number of halogens is 1. The number of aromatic nitrogens is 1. The van der Waals surface area contributed by atoms with Gasteiger partial charge in [-0.05, 0) is 54.2 Å². The van der Waals surface area contributed by atoms with E-state index in [1.165, 1.54) is 5.56 Å².